The van der Waals surface area contributed by atoms with Crippen LogP contribution in [0.2, 0.25) is 0 Å². The molecule has 122 valence electrons. The molecule has 0 amide bonds. The molecule has 1 heterocycles. The fourth-order valence-corrected chi connectivity index (χ4v) is 2.28. The zero-order valence-corrected chi connectivity index (χ0v) is 12.9. The van der Waals surface area contributed by atoms with Crippen molar-refractivity contribution >= 4 is 22.7 Å². The number of fused-ring (bicyclic) bond motifs is 1. The Kier molecular flexibility index (Phi) is 4.19. The molecule has 3 rings (SSSR count). The molecule has 24 heavy (non-hydrogen) atoms. The Hall–Kier alpha value is -3.29. The molecule has 0 fully saturated rings. The van der Waals surface area contributed by atoms with Crippen LogP contribution in [0.5, 0.6) is 0 Å². The first-order chi connectivity index (χ1) is 11.6. The van der Waals surface area contributed by atoms with Crippen LogP contribution >= 0.6 is 0 Å². The van der Waals surface area contributed by atoms with Gasteiger partial charge < -0.3 is 4.74 Å². The highest BCUT2D eigenvalue weighted by Gasteiger charge is 2.12. The Labute approximate surface area is 136 Å². The monoisotopic (exact) mass is 326 g/mol. The van der Waals surface area contributed by atoms with Crippen molar-refractivity contribution in [1.82, 2.24) is 15.0 Å². The first-order valence-electron chi connectivity index (χ1n) is 7.32. The maximum absolute atomic E-state index is 12.1. The zero-order valence-electron chi connectivity index (χ0n) is 12.9. The van der Waals surface area contributed by atoms with Gasteiger partial charge in [0.15, 0.2) is 0 Å². The predicted molar refractivity (Wildman–Crippen MR) is 85.4 cm³/mol. The summed E-state index contributed by atoms with van der Waals surface area (Å²) in [6, 6.07) is 10.9. The van der Waals surface area contributed by atoms with Gasteiger partial charge in [-0.15, -0.1) is 5.10 Å². The smallest absolute Gasteiger partial charge is 0.338 e. The quantitative estimate of drug-likeness (QED) is 0.406. The number of aryl methyl sites for hydroxylation is 1. The summed E-state index contributed by atoms with van der Waals surface area (Å²) in [4.78, 5) is 22.3. The molecular weight excluding hydrogens is 312 g/mol. The van der Waals surface area contributed by atoms with Gasteiger partial charge in [-0.25, -0.2) is 9.48 Å². The van der Waals surface area contributed by atoms with Crippen molar-refractivity contribution in [1.29, 1.82) is 0 Å². The minimum atomic E-state index is -0.485. The Morgan fingerprint density at radius 3 is 2.67 bits per heavy atom. The minimum Gasteiger partial charge on any atom is -0.457 e. The van der Waals surface area contributed by atoms with Gasteiger partial charge in [-0.1, -0.05) is 5.21 Å². The zero-order chi connectivity index (χ0) is 17.1. The summed E-state index contributed by atoms with van der Waals surface area (Å²) in [7, 11) is 0. The molecule has 0 radical (unpaired) electrons. The normalized spacial score (nSPS) is 10.7. The van der Waals surface area contributed by atoms with Crippen LogP contribution in [0.3, 0.4) is 0 Å². The van der Waals surface area contributed by atoms with Gasteiger partial charge in [0.05, 0.1) is 16.0 Å². The molecule has 2 aromatic carbocycles. The summed E-state index contributed by atoms with van der Waals surface area (Å²) in [6.45, 7) is 2.69. The van der Waals surface area contributed by atoms with E-state index in [1.54, 1.807) is 35.0 Å². The second-order valence-corrected chi connectivity index (χ2v) is 5.11. The van der Waals surface area contributed by atoms with Crippen LogP contribution in [-0.2, 0) is 17.9 Å². The van der Waals surface area contributed by atoms with E-state index in [9.17, 15) is 14.9 Å². The van der Waals surface area contributed by atoms with E-state index in [-0.39, 0.29) is 12.3 Å². The molecule has 1 aromatic heterocycles. The molecule has 0 atom stereocenters. The lowest BCUT2D eigenvalue weighted by molar-refractivity contribution is -0.384. The number of carbonyl (C=O) groups excluding carboxylic acids is 1. The van der Waals surface area contributed by atoms with Crippen LogP contribution < -0.4 is 0 Å². The maximum atomic E-state index is 12.1. The van der Waals surface area contributed by atoms with Crippen LogP contribution in [-0.4, -0.2) is 25.9 Å². The van der Waals surface area contributed by atoms with Gasteiger partial charge in [0.2, 0.25) is 0 Å². The van der Waals surface area contributed by atoms with Crippen LogP contribution in [0, 0.1) is 10.1 Å². The number of ether oxygens (including phenoxy) is 1. The SMILES string of the molecule is CCn1nnc2cc(C(=O)OCc3ccc([N+](=O)[O-])cc3)ccc21. The van der Waals surface area contributed by atoms with E-state index in [0.29, 0.717) is 23.2 Å². The summed E-state index contributed by atoms with van der Waals surface area (Å²) in [5.74, 6) is -0.485. The van der Waals surface area contributed by atoms with Gasteiger partial charge in [-0.3, -0.25) is 10.1 Å². The van der Waals surface area contributed by atoms with Gasteiger partial charge in [0.1, 0.15) is 12.1 Å². The van der Waals surface area contributed by atoms with Crippen molar-refractivity contribution in [2.24, 2.45) is 0 Å². The summed E-state index contributed by atoms with van der Waals surface area (Å²) in [5, 5.41) is 18.6. The molecular formula is C16H14N4O4. The predicted octanol–water partition coefficient (Wildman–Crippen LogP) is 2.72. The van der Waals surface area contributed by atoms with Crippen LogP contribution in [0.15, 0.2) is 42.5 Å². The van der Waals surface area contributed by atoms with E-state index in [2.05, 4.69) is 10.3 Å². The van der Waals surface area contributed by atoms with Crippen molar-refractivity contribution in [2.75, 3.05) is 0 Å². The number of benzene rings is 2. The third-order valence-electron chi connectivity index (χ3n) is 3.57. The summed E-state index contributed by atoms with van der Waals surface area (Å²) < 4.78 is 6.97. The van der Waals surface area contributed by atoms with E-state index in [1.807, 2.05) is 6.92 Å². The molecule has 3 aromatic rings. The molecule has 0 aliphatic rings. The van der Waals surface area contributed by atoms with E-state index < -0.39 is 10.9 Å². The van der Waals surface area contributed by atoms with Crippen molar-refractivity contribution < 1.29 is 14.5 Å². The average molecular weight is 326 g/mol. The standard InChI is InChI=1S/C16H14N4O4/c1-2-19-15-8-5-12(9-14(15)17-18-19)16(21)24-10-11-3-6-13(7-4-11)20(22)23/h3-9H,2,10H2,1H3. The Morgan fingerprint density at radius 1 is 1.25 bits per heavy atom. The van der Waals surface area contributed by atoms with Gasteiger partial charge in [-0.2, -0.15) is 0 Å². The van der Waals surface area contributed by atoms with Crippen molar-refractivity contribution in [2.45, 2.75) is 20.1 Å². The van der Waals surface area contributed by atoms with Gasteiger partial charge in [0.25, 0.3) is 5.69 Å². The molecule has 0 bridgehead atoms. The van der Waals surface area contributed by atoms with E-state index in [1.165, 1.54) is 12.1 Å². The fourth-order valence-electron chi connectivity index (χ4n) is 2.28. The molecule has 0 aliphatic carbocycles. The number of nitrogens with zero attached hydrogens (tertiary/aromatic N) is 4. The number of rotatable bonds is 5. The number of hydrogen-bond acceptors (Lipinski definition) is 6. The minimum absolute atomic E-state index is 0.00506. The number of esters is 1. The number of hydrogen-bond donors (Lipinski definition) is 0. The third-order valence-corrected chi connectivity index (χ3v) is 3.57. The van der Waals surface area contributed by atoms with E-state index >= 15 is 0 Å². The average Bonchev–Trinajstić information content (AvgIpc) is 3.02. The Bertz CT molecular complexity index is 902. The molecule has 0 saturated heterocycles. The topological polar surface area (TPSA) is 100 Å². The highest BCUT2D eigenvalue weighted by Crippen LogP contribution is 2.16. The summed E-state index contributed by atoms with van der Waals surface area (Å²) >= 11 is 0. The Balaban J connectivity index is 1.69. The Morgan fingerprint density at radius 2 is 2.00 bits per heavy atom. The lowest BCUT2D eigenvalue weighted by Crippen LogP contribution is -2.05. The lowest BCUT2D eigenvalue weighted by atomic mass is 10.2. The third kappa shape index (κ3) is 3.07. The highest BCUT2D eigenvalue weighted by molar-refractivity contribution is 5.93. The molecule has 0 saturated carbocycles. The number of aromatic nitrogens is 3. The molecule has 8 nitrogen and oxygen atoms in total. The maximum Gasteiger partial charge on any atom is 0.338 e. The van der Waals surface area contributed by atoms with Gasteiger partial charge in [-0.05, 0) is 42.8 Å². The van der Waals surface area contributed by atoms with Crippen LogP contribution in [0.25, 0.3) is 11.0 Å². The second-order valence-electron chi connectivity index (χ2n) is 5.11. The van der Waals surface area contributed by atoms with Crippen molar-refractivity contribution in [3.63, 3.8) is 0 Å². The number of nitro benzene ring substituents is 1. The number of carbonyl (C=O) groups is 1. The number of non-ortho nitro benzene ring substituents is 1. The molecule has 0 unspecified atom stereocenters. The summed E-state index contributed by atoms with van der Waals surface area (Å²) in [6.07, 6.45) is 0. The molecule has 0 N–H and O–H groups in total. The van der Waals surface area contributed by atoms with E-state index in [4.69, 9.17) is 4.74 Å². The van der Waals surface area contributed by atoms with Crippen LogP contribution in [0.1, 0.15) is 22.8 Å². The molecule has 8 heteroatoms. The van der Waals surface area contributed by atoms with Gasteiger partial charge in [0, 0.05) is 18.7 Å². The summed E-state index contributed by atoms with van der Waals surface area (Å²) in [5.41, 5.74) is 2.53. The first kappa shape index (κ1) is 15.6. The van der Waals surface area contributed by atoms with Crippen molar-refractivity contribution in [3.8, 4) is 0 Å². The van der Waals surface area contributed by atoms with Crippen LogP contribution in [0.4, 0.5) is 5.69 Å². The lowest BCUT2D eigenvalue weighted by Gasteiger charge is -2.05. The fraction of sp³-hybridized carbons (Fsp3) is 0.188. The second kappa shape index (κ2) is 6.45. The first-order valence-corrected chi connectivity index (χ1v) is 7.32. The van der Waals surface area contributed by atoms with E-state index in [0.717, 1.165) is 5.52 Å². The van der Waals surface area contributed by atoms with Crippen molar-refractivity contribution in [3.05, 3.63) is 63.7 Å². The van der Waals surface area contributed by atoms with Gasteiger partial charge >= 0.3 is 5.97 Å². The largest absolute Gasteiger partial charge is 0.457 e. The highest BCUT2D eigenvalue weighted by atomic mass is 16.6. The molecule has 0 aliphatic heterocycles. The molecule has 0 spiro atoms. The number of nitro groups is 1.